The van der Waals surface area contributed by atoms with Gasteiger partial charge in [0.25, 0.3) is 0 Å². The minimum Gasteiger partial charge on any atom is -0.383 e. The van der Waals surface area contributed by atoms with E-state index >= 15 is 0 Å². The van der Waals surface area contributed by atoms with Gasteiger partial charge in [0, 0.05) is 44.6 Å². The minimum atomic E-state index is -3.03. The Balaban J connectivity index is 0.00000364. The van der Waals surface area contributed by atoms with Gasteiger partial charge in [-0.2, -0.15) is 0 Å². The highest BCUT2D eigenvalue weighted by Gasteiger charge is 2.37. The maximum Gasteiger partial charge on any atom is 0.224 e. The highest BCUT2D eigenvalue weighted by molar-refractivity contribution is 7.91. The molecule has 1 aliphatic heterocycles. The number of carbonyl (C=O) groups excluding carboxylic acids is 2. The van der Waals surface area contributed by atoms with Gasteiger partial charge in [-0.05, 0) is 19.3 Å². The molecule has 1 heterocycles. The van der Waals surface area contributed by atoms with Crippen LogP contribution in [0.3, 0.4) is 0 Å². The van der Waals surface area contributed by atoms with Crippen LogP contribution in [-0.4, -0.2) is 71.1 Å². The van der Waals surface area contributed by atoms with Gasteiger partial charge in [-0.3, -0.25) is 9.59 Å². The van der Waals surface area contributed by atoms with Crippen molar-refractivity contribution in [2.24, 2.45) is 11.8 Å². The summed E-state index contributed by atoms with van der Waals surface area (Å²) in [5.74, 6) is -0.824. The maximum absolute atomic E-state index is 12.6. The summed E-state index contributed by atoms with van der Waals surface area (Å²) < 4.78 is 28.0. The van der Waals surface area contributed by atoms with E-state index in [4.69, 9.17) is 4.74 Å². The summed E-state index contributed by atoms with van der Waals surface area (Å²) in [6.07, 6.45) is 3.69. The third kappa shape index (κ3) is 7.93. The fourth-order valence-electron chi connectivity index (χ4n) is 3.68. The van der Waals surface area contributed by atoms with Crippen LogP contribution < -0.4 is 16.0 Å². The molecule has 0 aromatic carbocycles. The van der Waals surface area contributed by atoms with Crippen molar-refractivity contribution in [1.29, 1.82) is 0 Å². The zero-order chi connectivity index (χ0) is 19.0. The Morgan fingerprint density at radius 2 is 1.67 bits per heavy atom. The van der Waals surface area contributed by atoms with Crippen LogP contribution in [0.4, 0.5) is 0 Å². The molecule has 2 rings (SSSR count). The largest absolute Gasteiger partial charge is 0.383 e. The number of nitrogens with one attached hydrogen (secondary N) is 3. The SMILES string of the molecule is COCCNCCNC(=O)C1CCCCC1C(=O)NC1CCS(=O)(=O)C1.Cl. The van der Waals surface area contributed by atoms with Crippen molar-refractivity contribution in [3.63, 3.8) is 0 Å². The third-order valence-electron chi connectivity index (χ3n) is 5.10. The lowest BCUT2D eigenvalue weighted by molar-refractivity contribution is -0.136. The fraction of sp³-hybridized carbons (Fsp3) is 0.882. The first kappa shape index (κ1) is 24.1. The monoisotopic (exact) mass is 425 g/mol. The van der Waals surface area contributed by atoms with Crippen LogP contribution in [-0.2, 0) is 24.2 Å². The van der Waals surface area contributed by atoms with E-state index in [0.717, 1.165) is 19.4 Å². The second-order valence-corrected chi connectivity index (χ2v) is 9.37. The Labute approximate surface area is 167 Å². The van der Waals surface area contributed by atoms with E-state index in [1.54, 1.807) is 7.11 Å². The van der Waals surface area contributed by atoms with Crippen LogP contribution >= 0.6 is 12.4 Å². The normalized spacial score (nSPS) is 26.8. The first-order valence-electron chi connectivity index (χ1n) is 9.41. The molecule has 1 aliphatic carbocycles. The summed E-state index contributed by atoms with van der Waals surface area (Å²) in [7, 11) is -1.40. The number of methoxy groups -OCH3 is 1. The molecule has 0 aromatic heterocycles. The molecule has 0 aromatic rings. The Hall–Kier alpha value is -0.900. The van der Waals surface area contributed by atoms with Crippen molar-refractivity contribution in [1.82, 2.24) is 16.0 Å². The Morgan fingerprint density at radius 3 is 2.26 bits per heavy atom. The zero-order valence-corrected chi connectivity index (χ0v) is 17.5. The standard InChI is InChI=1S/C17H31N3O5S.ClH/c1-25-10-9-18-7-8-19-16(21)14-4-2-3-5-15(14)17(22)20-13-6-11-26(23,24)12-13;/h13-15,18H,2-12H2,1H3,(H,19,21)(H,20,22);1H. The molecule has 3 N–H and O–H groups in total. The number of halogens is 1. The summed E-state index contributed by atoms with van der Waals surface area (Å²) >= 11 is 0. The van der Waals surface area contributed by atoms with E-state index in [2.05, 4.69) is 16.0 Å². The van der Waals surface area contributed by atoms with Gasteiger partial charge in [0.1, 0.15) is 0 Å². The number of amides is 2. The average Bonchev–Trinajstić information content (AvgIpc) is 2.96. The summed E-state index contributed by atoms with van der Waals surface area (Å²) in [5, 5.41) is 8.92. The third-order valence-corrected chi connectivity index (χ3v) is 6.87. The molecule has 0 radical (unpaired) electrons. The van der Waals surface area contributed by atoms with Gasteiger partial charge in [0.05, 0.1) is 18.1 Å². The van der Waals surface area contributed by atoms with E-state index in [1.165, 1.54) is 0 Å². The molecule has 2 aliphatic rings. The fourth-order valence-corrected chi connectivity index (χ4v) is 5.35. The first-order chi connectivity index (χ1) is 12.4. The topological polar surface area (TPSA) is 114 Å². The van der Waals surface area contributed by atoms with Crippen LogP contribution in [0.5, 0.6) is 0 Å². The smallest absolute Gasteiger partial charge is 0.224 e. The summed E-state index contributed by atoms with van der Waals surface area (Å²) in [4.78, 5) is 25.1. The first-order valence-corrected chi connectivity index (χ1v) is 11.2. The molecule has 2 fully saturated rings. The van der Waals surface area contributed by atoms with E-state index in [-0.39, 0.29) is 53.6 Å². The molecule has 0 bridgehead atoms. The molecular formula is C17H32ClN3O5S. The Bertz CT molecular complexity index is 587. The molecule has 0 spiro atoms. The van der Waals surface area contributed by atoms with E-state index < -0.39 is 9.84 Å². The van der Waals surface area contributed by atoms with Gasteiger partial charge < -0.3 is 20.7 Å². The van der Waals surface area contributed by atoms with Crippen molar-refractivity contribution in [3.05, 3.63) is 0 Å². The summed E-state index contributed by atoms with van der Waals surface area (Å²) in [5.41, 5.74) is 0. The maximum atomic E-state index is 12.6. The number of hydrogen-bond donors (Lipinski definition) is 3. The van der Waals surface area contributed by atoms with Crippen LogP contribution in [0.2, 0.25) is 0 Å². The molecule has 1 saturated heterocycles. The number of hydrogen-bond acceptors (Lipinski definition) is 6. The van der Waals surface area contributed by atoms with Gasteiger partial charge in [-0.25, -0.2) is 8.42 Å². The summed E-state index contributed by atoms with van der Waals surface area (Å²) in [6, 6.07) is -0.317. The molecule has 3 atom stereocenters. The predicted molar refractivity (Wildman–Crippen MR) is 106 cm³/mol. The van der Waals surface area contributed by atoms with Crippen LogP contribution in [0.1, 0.15) is 32.1 Å². The van der Waals surface area contributed by atoms with E-state index in [0.29, 0.717) is 39.0 Å². The lowest BCUT2D eigenvalue weighted by atomic mass is 9.78. The van der Waals surface area contributed by atoms with Crippen molar-refractivity contribution in [2.75, 3.05) is 44.9 Å². The molecule has 8 nitrogen and oxygen atoms in total. The van der Waals surface area contributed by atoms with Gasteiger partial charge in [-0.15, -0.1) is 12.4 Å². The van der Waals surface area contributed by atoms with Gasteiger partial charge in [0.2, 0.25) is 11.8 Å². The van der Waals surface area contributed by atoms with E-state index in [1.807, 2.05) is 0 Å². The van der Waals surface area contributed by atoms with Gasteiger partial charge >= 0.3 is 0 Å². The number of rotatable bonds is 9. The van der Waals surface area contributed by atoms with Gasteiger partial charge in [0.15, 0.2) is 9.84 Å². The second-order valence-electron chi connectivity index (χ2n) is 7.14. The summed E-state index contributed by atoms with van der Waals surface area (Å²) in [6.45, 7) is 2.51. The number of sulfone groups is 1. The number of ether oxygens (including phenoxy) is 1. The van der Waals surface area contributed by atoms with Crippen LogP contribution in [0.15, 0.2) is 0 Å². The van der Waals surface area contributed by atoms with Crippen molar-refractivity contribution in [3.8, 4) is 0 Å². The molecule has 158 valence electrons. The van der Waals surface area contributed by atoms with Crippen LogP contribution in [0.25, 0.3) is 0 Å². The van der Waals surface area contributed by atoms with Crippen molar-refractivity contribution in [2.45, 2.75) is 38.1 Å². The van der Waals surface area contributed by atoms with E-state index in [9.17, 15) is 18.0 Å². The van der Waals surface area contributed by atoms with Crippen molar-refractivity contribution >= 4 is 34.1 Å². The lowest BCUT2D eigenvalue weighted by Crippen LogP contribution is -2.47. The Morgan fingerprint density at radius 1 is 1.00 bits per heavy atom. The molecule has 1 saturated carbocycles. The number of carbonyl (C=O) groups is 2. The predicted octanol–water partition coefficient (Wildman–Crippen LogP) is -0.130. The van der Waals surface area contributed by atoms with Crippen molar-refractivity contribution < 1.29 is 22.7 Å². The molecular weight excluding hydrogens is 394 g/mol. The highest BCUT2D eigenvalue weighted by atomic mass is 35.5. The average molecular weight is 426 g/mol. The van der Waals surface area contributed by atoms with Crippen LogP contribution in [0, 0.1) is 11.8 Å². The Kier molecular flexibility index (Phi) is 10.6. The van der Waals surface area contributed by atoms with Gasteiger partial charge in [-0.1, -0.05) is 12.8 Å². The quantitative estimate of drug-likeness (QED) is 0.443. The second kappa shape index (κ2) is 11.8. The molecule has 10 heteroatoms. The molecule has 3 unspecified atom stereocenters. The molecule has 27 heavy (non-hydrogen) atoms. The lowest BCUT2D eigenvalue weighted by Gasteiger charge is -2.30. The minimum absolute atomic E-state index is 0. The zero-order valence-electron chi connectivity index (χ0n) is 15.9. The highest BCUT2D eigenvalue weighted by Crippen LogP contribution is 2.30. The molecule has 2 amide bonds.